The van der Waals surface area contributed by atoms with E-state index in [1.165, 1.54) is 0 Å². The van der Waals surface area contributed by atoms with Crippen LogP contribution in [0.1, 0.15) is 0 Å². The van der Waals surface area contributed by atoms with Crippen molar-refractivity contribution in [3.05, 3.63) is 28.9 Å². The van der Waals surface area contributed by atoms with Crippen molar-refractivity contribution in [1.82, 2.24) is 0 Å². The average Bonchev–Trinajstić information content (AvgIpc) is 2.31. The number of hydrogen-bond acceptors (Lipinski definition) is 3. The summed E-state index contributed by atoms with van der Waals surface area (Å²) in [6.07, 6.45) is 0. The minimum atomic E-state index is -0.335. The van der Waals surface area contributed by atoms with Crippen molar-refractivity contribution in [3.8, 4) is 0 Å². The van der Waals surface area contributed by atoms with Crippen molar-refractivity contribution < 1.29 is 0 Å². The molecule has 0 aliphatic carbocycles. The summed E-state index contributed by atoms with van der Waals surface area (Å²) in [6, 6.07) is 5.63. The van der Waals surface area contributed by atoms with Gasteiger partial charge in [0.15, 0.2) is 0 Å². The fourth-order valence-corrected chi connectivity index (χ4v) is 2.59. The van der Waals surface area contributed by atoms with E-state index < -0.39 is 0 Å². The van der Waals surface area contributed by atoms with Gasteiger partial charge in [-0.15, -0.1) is 0 Å². The number of nitrogen functional groups attached to an aromatic ring is 1. The Labute approximate surface area is 72.9 Å². The van der Waals surface area contributed by atoms with E-state index in [4.69, 9.17) is 5.73 Å². The minimum absolute atomic E-state index is 0.335. The van der Waals surface area contributed by atoms with Gasteiger partial charge in [0, 0.05) is 0 Å². The third kappa shape index (κ3) is 1.15. The fourth-order valence-electron chi connectivity index (χ4n) is 0.904. The fraction of sp³-hybridized carbons (Fsp3) is 0. The van der Waals surface area contributed by atoms with Crippen LogP contribution in [0, 0.1) is 0 Å². The molecule has 5 heteroatoms. The number of rotatable bonds is 0. The number of fused-ring (bicyclic) bond motifs is 1. The van der Waals surface area contributed by atoms with Gasteiger partial charge in [-0.3, -0.25) is 0 Å². The topological polar surface area (TPSA) is 50.7 Å². The van der Waals surface area contributed by atoms with Gasteiger partial charge in [0.2, 0.25) is 0 Å². The molecule has 3 nitrogen and oxygen atoms in total. The molecule has 0 fully saturated rings. The predicted molar refractivity (Wildman–Crippen MR) is 46.5 cm³/mol. The molecular formula is C6H5N3SSe. The Balaban J connectivity index is 2.97. The molecule has 1 atom stereocenters. The van der Waals surface area contributed by atoms with E-state index in [1.54, 1.807) is 0 Å². The van der Waals surface area contributed by atoms with Gasteiger partial charge in [0.05, 0.1) is 0 Å². The molecule has 0 bridgehead atoms. The van der Waals surface area contributed by atoms with Crippen molar-refractivity contribution in [2.24, 2.45) is 8.80 Å². The normalized spacial score (nSPS) is 20.2. The first-order valence-electron chi connectivity index (χ1n) is 3.01. The summed E-state index contributed by atoms with van der Waals surface area (Å²) >= 11 is 2.85. The van der Waals surface area contributed by atoms with Crippen LogP contribution in [-0.2, 0) is 0 Å². The molecule has 0 spiro atoms. The van der Waals surface area contributed by atoms with Crippen LogP contribution in [0.25, 0.3) is 0 Å². The standard InChI is InChI=1S/C6H5N3SSe/c7-4-2-1-3-5-6(4)9-10(11)8-5/h1-3H,7H2. The molecule has 1 aliphatic heterocycles. The van der Waals surface area contributed by atoms with Crippen molar-refractivity contribution >= 4 is 29.3 Å². The number of hydrogen-bond donors (Lipinski definition) is 1. The van der Waals surface area contributed by atoms with Crippen molar-refractivity contribution in [2.45, 2.75) is 0 Å². The van der Waals surface area contributed by atoms with Crippen LogP contribution < -0.4 is 16.4 Å². The van der Waals surface area contributed by atoms with Gasteiger partial charge < -0.3 is 0 Å². The molecule has 1 aliphatic rings. The summed E-state index contributed by atoms with van der Waals surface area (Å²) in [7, 11) is -0.335. The Hall–Kier alpha value is -0.511. The maximum atomic E-state index is 5.67. The second-order valence-corrected chi connectivity index (χ2v) is 4.83. The van der Waals surface area contributed by atoms with Gasteiger partial charge >= 0.3 is 72.7 Å². The van der Waals surface area contributed by atoms with Gasteiger partial charge in [-0.05, 0) is 0 Å². The van der Waals surface area contributed by atoms with Crippen LogP contribution in [0.15, 0.2) is 27.0 Å². The van der Waals surface area contributed by atoms with E-state index in [2.05, 4.69) is 23.2 Å². The van der Waals surface area contributed by atoms with Crippen LogP contribution in [0.2, 0.25) is 0 Å². The third-order valence-corrected chi connectivity index (χ3v) is 3.02. The van der Waals surface area contributed by atoms with E-state index in [1.807, 2.05) is 18.2 Å². The number of benzene rings is 1. The number of anilines is 1. The molecule has 2 N–H and O–H groups in total. The summed E-state index contributed by atoms with van der Waals surface area (Å²) in [5, 5.41) is 1.72. The van der Waals surface area contributed by atoms with Gasteiger partial charge in [-0.25, -0.2) is 0 Å². The molecule has 0 aromatic heterocycles. The van der Waals surface area contributed by atoms with Crippen LogP contribution in [0.3, 0.4) is 0 Å². The van der Waals surface area contributed by atoms with Gasteiger partial charge in [0.25, 0.3) is 0 Å². The Kier molecular flexibility index (Phi) is 1.64. The Morgan fingerprint density at radius 2 is 2.18 bits per heavy atom. The summed E-state index contributed by atoms with van der Waals surface area (Å²) in [5.41, 5.74) is 6.38. The van der Waals surface area contributed by atoms with E-state index in [0.717, 1.165) is 10.7 Å². The van der Waals surface area contributed by atoms with Crippen LogP contribution in [0.4, 0.5) is 5.69 Å². The first kappa shape index (κ1) is 7.16. The van der Waals surface area contributed by atoms with E-state index >= 15 is 0 Å². The van der Waals surface area contributed by atoms with Crippen molar-refractivity contribution in [3.63, 3.8) is 0 Å². The molecule has 11 heavy (non-hydrogen) atoms. The van der Waals surface area contributed by atoms with E-state index in [0.29, 0.717) is 5.69 Å². The van der Waals surface area contributed by atoms with Gasteiger partial charge in [-0.2, -0.15) is 0 Å². The SMILES string of the molecule is Nc1cccc2c1=NS(=[Se])N=2. The van der Waals surface area contributed by atoms with Gasteiger partial charge in [-0.1, -0.05) is 0 Å². The molecule has 1 aromatic rings. The monoisotopic (exact) mass is 231 g/mol. The van der Waals surface area contributed by atoms with Crippen molar-refractivity contribution in [2.75, 3.05) is 5.73 Å². The first-order chi connectivity index (χ1) is 5.27. The Morgan fingerprint density at radius 1 is 1.36 bits per heavy atom. The number of nitrogens with zero attached hydrogens (tertiary/aromatic N) is 2. The quantitative estimate of drug-likeness (QED) is 0.483. The summed E-state index contributed by atoms with van der Waals surface area (Å²) in [4.78, 5) is 0. The Morgan fingerprint density at radius 3 is 2.91 bits per heavy atom. The second-order valence-electron chi connectivity index (χ2n) is 2.13. The van der Waals surface area contributed by atoms with Crippen molar-refractivity contribution in [1.29, 1.82) is 0 Å². The first-order valence-corrected chi connectivity index (χ1v) is 6.17. The molecule has 1 aromatic carbocycles. The Bertz CT molecular complexity index is 440. The number of nitrogens with two attached hydrogens (primary N) is 1. The zero-order valence-corrected chi connectivity index (χ0v) is 8.05. The molecule has 0 radical (unpaired) electrons. The predicted octanol–water partition coefficient (Wildman–Crippen LogP) is -0.296. The summed E-state index contributed by atoms with van der Waals surface area (Å²) < 4.78 is 8.47. The molecule has 0 saturated heterocycles. The molecule has 56 valence electrons. The van der Waals surface area contributed by atoms with Crippen LogP contribution in [-0.4, -0.2) is 14.4 Å². The molecular weight excluding hydrogens is 225 g/mol. The molecule has 1 heterocycles. The third-order valence-electron chi connectivity index (χ3n) is 1.39. The molecule has 1 unspecified atom stereocenters. The zero-order valence-electron chi connectivity index (χ0n) is 5.52. The zero-order chi connectivity index (χ0) is 7.84. The summed E-state index contributed by atoms with van der Waals surface area (Å²) in [5.74, 6) is 0. The average molecular weight is 230 g/mol. The van der Waals surface area contributed by atoms with E-state index in [9.17, 15) is 0 Å². The summed E-state index contributed by atoms with van der Waals surface area (Å²) in [6.45, 7) is 0. The van der Waals surface area contributed by atoms with E-state index in [-0.39, 0.29) is 9.19 Å². The van der Waals surface area contributed by atoms with Crippen LogP contribution in [0.5, 0.6) is 0 Å². The molecule has 0 saturated carbocycles. The van der Waals surface area contributed by atoms with Gasteiger partial charge in [0.1, 0.15) is 0 Å². The second kappa shape index (κ2) is 2.52. The molecule has 0 amide bonds. The maximum absolute atomic E-state index is 5.67. The molecule has 2 rings (SSSR count). The van der Waals surface area contributed by atoms with Crippen LogP contribution >= 0.6 is 9.19 Å².